The molecule has 2 rings (SSSR count). The Morgan fingerprint density at radius 2 is 2.00 bits per heavy atom. The first-order chi connectivity index (χ1) is 9.29. The minimum atomic E-state index is -0.990. The summed E-state index contributed by atoms with van der Waals surface area (Å²) in [6.07, 6.45) is 2.58. The number of rotatable bonds is 4. The molecule has 0 saturated carbocycles. The Morgan fingerprint density at radius 1 is 1.30 bits per heavy atom. The quantitative estimate of drug-likeness (QED) is 0.860. The topological polar surface area (TPSA) is 33.5 Å². The predicted molar refractivity (Wildman–Crippen MR) is 85.0 cm³/mol. The first kappa shape index (κ1) is 15.3. The van der Waals surface area contributed by atoms with Crippen molar-refractivity contribution in [2.24, 2.45) is 0 Å². The van der Waals surface area contributed by atoms with E-state index in [-0.39, 0.29) is 10.8 Å². The van der Waals surface area contributed by atoms with Gasteiger partial charge in [0.2, 0.25) is 0 Å². The van der Waals surface area contributed by atoms with E-state index >= 15 is 0 Å². The number of hydrogen-bond donors (Lipinski definition) is 0. The number of benzene rings is 1. The fourth-order valence-corrected chi connectivity index (χ4v) is 3.47. The summed E-state index contributed by atoms with van der Waals surface area (Å²) >= 11 is 0. The van der Waals surface area contributed by atoms with E-state index in [1.807, 2.05) is 44.3 Å². The Morgan fingerprint density at radius 3 is 2.65 bits per heavy atom. The van der Waals surface area contributed by atoms with E-state index in [0.29, 0.717) is 0 Å². The molecular weight excluding hydrogens is 270 g/mol. The molecule has 1 heterocycles. The van der Waals surface area contributed by atoms with Crippen molar-refractivity contribution in [1.82, 2.24) is 4.31 Å². The summed E-state index contributed by atoms with van der Waals surface area (Å²) in [5.41, 5.74) is 2.15. The van der Waals surface area contributed by atoms with Gasteiger partial charge in [0.05, 0.1) is 22.0 Å². The maximum absolute atomic E-state index is 12.4. The third kappa shape index (κ3) is 3.30. The lowest BCUT2D eigenvalue weighted by Gasteiger charge is -2.30. The van der Waals surface area contributed by atoms with Crippen molar-refractivity contribution in [3.8, 4) is 0 Å². The summed E-state index contributed by atoms with van der Waals surface area (Å²) in [6, 6.07) is 8.41. The van der Waals surface area contributed by atoms with Crippen LogP contribution in [0.15, 0.2) is 34.9 Å². The van der Waals surface area contributed by atoms with Crippen molar-refractivity contribution in [1.29, 1.82) is 0 Å². The van der Waals surface area contributed by atoms with Crippen molar-refractivity contribution in [3.63, 3.8) is 0 Å². The van der Waals surface area contributed by atoms with Gasteiger partial charge in [-0.2, -0.15) is 0 Å². The Hall–Kier alpha value is -1.13. The van der Waals surface area contributed by atoms with Gasteiger partial charge in [0.25, 0.3) is 0 Å². The third-order valence-corrected chi connectivity index (χ3v) is 5.38. The van der Waals surface area contributed by atoms with Crippen LogP contribution in [-0.4, -0.2) is 26.4 Å². The molecule has 110 valence electrons. The van der Waals surface area contributed by atoms with Crippen molar-refractivity contribution < 1.29 is 8.63 Å². The summed E-state index contributed by atoms with van der Waals surface area (Å²) < 4.78 is 19.5. The summed E-state index contributed by atoms with van der Waals surface area (Å²) in [6.45, 7) is 8.13. The highest BCUT2D eigenvalue weighted by Crippen LogP contribution is 2.21. The van der Waals surface area contributed by atoms with Crippen LogP contribution in [0.5, 0.6) is 0 Å². The smallest absolute Gasteiger partial charge is 0.133 e. The van der Waals surface area contributed by atoms with Crippen LogP contribution in [0.25, 0.3) is 11.0 Å². The van der Waals surface area contributed by atoms with Crippen molar-refractivity contribution >= 4 is 22.0 Å². The molecule has 1 aromatic heterocycles. The molecule has 0 aliphatic heterocycles. The van der Waals surface area contributed by atoms with Gasteiger partial charge in [-0.1, -0.05) is 6.07 Å². The van der Waals surface area contributed by atoms with Gasteiger partial charge in [0.1, 0.15) is 5.58 Å². The third-order valence-electron chi connectivity index (χ3n) is 3.45. The van der Waals surface area contributed by atoms with Crippen LogP contribution in [-0.2, 0) is 17.4 Å². The van der Waals surface area contributed by atoms with E-state index in [9.17, 15) is 4.21 Å². The molecular formula is C16H23NO2S. The van der Waals surface area contributed by atoms with Gasteiger partial charge in [-0.05, 0) is 57.9 Å². The van der Waals surface area contributed by atoms with Crippen LogP contribution in [0.1, 0.15) is 33.3 Å². The fourth-order valence-electron chi connectivity index (χ4n) is 2.21. The molecule has 0 amide bonds. The molecule has 3 nitrogen and oxygen atoms in total. The average molecular weight is 293 g/mol. The van der Waals surface area contributed by atoms with Crippen molar-refractivity contribution in [2.45, 2.75) is 44.9 Å². The lowest BCUT2D eigenvalue weighted by Crippen LogP contribution is -2.40. The second-order valence-corrected chi connectivity index (χ2v) is 8.55. The number of likely N-dealkylation sites (N-methyl/N-ethyl adjacent to an activating group) is 1. The Bertz CT molecular complexity index is 612. The summed E-state index contributed by atoms with van der Waals surface area (Å²) in [4.78, 5) is 0. The van der Waals surface area contributed by atoms with Crippen LogP contribution in [0.3, 0.4) is 0 Å². The summed E-state index contributed by atoms with van der Waals surface area (Å²) in [5, 5.41) is 1.12. The minimum absolute atomic E-state index is 0.222. The monoisotopic (exact) mass is 293 g/mol. The van der Waals surface area contributed by atoms with Gasteiger partial charge < -0.3 is 4.42 Å². The highest BCUT2D eigenvalue weighted by Gasteiger charge is 2.26. The number of nitrogens with zero attached hydrogens (tertiary/aromatic N) is 1. The SMILES string of the molecule is C[C@@H](Cc1ccc2occc2c1)N(C)S(=O)C(C)(C)C. The zero-order chi connectivity index (χ0) is 14.9. The molecule has 1 unspecified atom stereocenters. The second kappa shape index (κ2) is 5.70. The van der Waals surface area contributed by atoms with Crippen LogP contribution >= 0.6 is 0 Å². The van der Waals surface area contributed by atoms with Gasteiger partial charge in [0.15, 0.2) is 0 Å². The lowest BCUT2D eigenvalue weighted by atomic mass is 10.1. The molecule has 0 bridgehead atoms. The molecule has 0 spiro atoms. The Balaban J connectivity index is 2.10. The van der Waals surface area contributed by atoms with E-state index < -0.39 is 11.0 Å². The van der Waals surface area contributed by atoms with Crippen LogP contribution in [0.4, 0.5) is 0 Å². The first-order valence-corrected chi connectivity index (χ1v) is 8.00. The Labute approximate surface area is 123 Å². The number of fused-ring (bicyclic) bond motifs is 1. The average Bonchev–Trinajstić information content (AvgIpc) is 2.83. The molecule has 0 aliphatic carbocycles. The van der Waals surface area contributed by atoms with Gasteiger partial charge in [-0.25, -0.2) is 8.51 Å². The van der Waals surface area contributed by atoms with Crippen molar-refractivity contribution in [3.05, 3.63) is 36.1 Å². The van der Waals surface area contributed by atoms with Crippen molar-refractivity contribution in [2.75, 3.05) is 7.05 Å². The zero-order valence-electron chi connectivity index (χ0n) is 12.8. The van der Waals surface area contributed by atoms with E-state index in [4.69, 9.17) is 4.42 Å². The van der Waals surface area contributed by atoms with E-state index in [1.165, 1.54) is 5.56 Å². The summed E-state index contributed by atoms with van der Waals surface area (Å²) in [7, 11) is 0.943. The van der Waals surface area contributed by atoms with Gasteiger partial charge in [-0.3, -0.25) is 0 Å². The molecule has 2 aromatic rings. The molecule has 2 atom stereocenters. The van der Waals surface area contributed by atoms with Crippen LogP contribution < -0.4 is 0 Å². The normalized spacial score (nSPS) is 15.7. The van der Waals surface area contributed by atoms with Gasteiger partial charge in [0, 0.05) is 18.5 Å². The molecule has 4 heteroatoms. The number of furan rings is 1. The first-order valence-electron chi connectivity index (χ1n) is 6.90. The second-order valence-electron chi connectivity index (χ2n) is 6.25. The molecule has 0 fully saturated rings. The highest BCUT2D eigenvalue weighted by atomic mass is 32.2. The van der Waals surface area contributed by atoms with Crippen LogP contribution in [0.2, 0.25) is 0 Å². The number of hydrogen-bond acceptors (Lipinski definition) is 2. The minimum Gasteiger partial charge on any atom is -0.464 e. The van der Waals surface area contributed by atoms with Crippen LogP contribution in [0, 0.1) is 0 Å². The zero-order valence-corrected chi connectivity index (χ0v) is 13.7. The maximum atomic E-state index is 12.4. The van der Waals surface area contributed by atoms with E-state index in [2.05, 4.69) is 19.1 Å². The summed E-state index contributed by atoms with van der Waals surface area (Å²) in [5.74, 6) is 0. The van der Waals surface area contributed by atoms with E-state index in [1.54, 1.807) is 6.26 Å². The maximum Gasteiger partial charge on any atom is 0.133 e. The lowest BCUT2D eigenvalue weighted by molar-refractivity contribution is 0.403. The molecule has 0 aliphatic rings. The molecule has 0 radical (unpaired) electrons. The molecule has 0 saturated heterocycles. The Kier molecular flexibility index (Phi) is 4.35. The fraction of sp³-hybridized carbons (Fsp3) is 0.500. The predicted octanol–water partition coefficient (Wildman–Crippen LogP) is 3.76. The van der Waals surface area contributed by atoms with Gasteiger partial charge in [-0.15, -0.1) is 0 Å². The van der Waals surface area contributed by atoms with E-state index in [0.717, 1.165) is 17.4 Å². The highest BCUT2D eigenvalue weighted by molar-refractivity contribution is 7.84. The molecule has 1 aromatic carbocycles. The largest absolute Gasteiger partial charge is 0.464 e. The standard InChI is InChI=1S/C16H23NO2S/c1-12(17(5)20(18)16(2,3)4)10-13-6-7-15-14(11-13)8-9-19-15/h6-9,11-12H,10H2,1-5H3/t12-,20?/m0/s1. The van der Waals surface area contributed by atoms with Gasteiger partial charge >= 0.3 is 0 Å². The molecule has 20 heavy (non-hydrogen) atoms. The molecule has 0 N–H and O–H groups in total.